The van der Waals surface area contributed by atoms with Crippen LogP contribution in [-0.2, 0) is 12.5 Å². The Balaban J connectivity index is 2.20. The molecular formula is C23H35N13. The maximum absolute atomic E-state index is 9.74. The van der Waals surface area contributed by atoms with Gasteiger partial charge in [-0.1, -0.05) is 20.8 Å². The first-order chi connectivity index (χ1) is 17.1. The third kappa shape index (κ3) is 5.12. The number of azo groups is 1. The molecule has 36 heavy (non-hydrogen) atoms. The number of nitrogens with zero attached hydrogens (tertiary/aromatic N) is 12. The molecule has 0 saturated carbocycles. The minimum Gasteiger partial charge on any atom is -0.382 e. The average Bonchev–Trinajstić information content (AvgIpc) is 3.39. The lowest BCUT2D eigenvalue weighted by Gasteiger charge is -2.23. The van der Waals surface area contributed by atoms with E-state index in [1.165, 1.54) is 10.9 Å². The molecule has 0 aromatic carbocycles. The number of rotatable bonds is 9. The van der Waals surface area contributed by atoms with E-state index in [-0.39, 0.29) is 22.7 Å². The smallest absolute Gasteiger partial charge is 0.259 e. The van der Waals surface area contributed by atoms with E-state index in [9.17, 15) is 5.26 Å². The molecule has 0 aliphatic heterocycles. The fraction of sp³-hybridized carbons (Fsp3) is 0.565. The molecule has 0 bridgehead atoms. The molecular weight excluding hydrogens is 458 g/mol. The normalized spacial score (nSPS) is 11.8. The molecule has 0 radical (unpaired) electrons. The topological polar surface area (TPSA) is 155 Å². The van der Waals surface area contributed by atoms with Crippen molar-refractivity contribution in [3.63, 3.8) is 0 Å². The average molecular weight is 494 g/mol. The summed E-state index contributed by atoms with van der Waals surface area (Å²) in [6.07, 6.45) is 1.42. The molecule has 0 amide bonds. The first-order valence-corrected chi connectivity index (χ1v) is 12.1. The molecule has 3 heterocycles. The van der Waals surface area contributed by atoms with Gasteiger partial charge in [0.05, 0.1) is 11.9 Å². The van der Waals surface area contributed by atoms with E-state index in [0.29, 0.717) is 29.1 Å². The zero-order valence-corrected chi connectivity index (χ0v) is 22.3. The lowest BCUT2D eigenvalue weighted by atomic mass is 9.91. The summed E-state index contributed by atoms with van der Waals surface area (Å²) in [6, 6.07) is 2.12. The lowest BCUT2D eigenvalue weighted by molar-refractivity contribution is 0.554. The van der Waals surface area contributed by atoms with Gasteiger partial charge in [0.2, 0.25) is 11.9 Å². The number of nitrogen functional groups attached to an aromatic ring is 1. The summed E-state index contributed by atoms with van der Waals surface area (Å²) >= 11 is 0. The SMILES string of the molecule is CCN(CC)c1nc(N(CC)CC)nc(-n2ncc(C#N)c2N=Nc2c(C(C)(C)C)nn(C)c2N)n1. The van der Waals surface area contributed by atoms with Gasteiger partial charge < -0.3 is 15.5 Å². The third-order valence-electron chi connectivity index (χ3n) is 5.77. The Hall–Kier alpha value is -4.08. The monoisotopic (exact) mass is 493 g/mol. The standard InChI is InChI=1S/C23H35N13/c1-9-34(10-2)20-27-21(35(11-3)12-4)29-22(28-20)36-19(15(13-24)14-26-36)31-30-16-17(23(5,6)7)32-33(8)18(16)25/h14H,9-12,25H2,1-8H3. The highest BCUT2D eigenvalue weighted by molar-refractivity contribution is 5.63. The minimum absolute atomic E-state index is 0.197. The zero-order chi connectivity index (χ0) is 26.6. The molecule has 0 aliphatic rings. The van der Waals surface area contributed by atoms with E-state index in [2.05, 4.69) is 41.4 Å². The quantitative estimate of drug-likeness (QED) is 0.439. The van der Waals surface area contributed by atoms with Gasteiger partial charge in [-0.05, 0) is 27.7 Å². The first-order valence-electron chi connectivity index (χ1n) is 12.1. The Kier molecular flexibility index (Phi) is 7.87. The van der Waals surface area contributed by atoms with Crippen LogP contribution in [-0.4, -0.2) is 60.7 Å². The Morgan fingerprint density at radius 2 is 1.53 bits per heavy atom. The molecule has 192 valence electrons. The Morgan fingerprint density at radius 3 is 2.00 bits per heavy atom. The first kappa shape index (κ1) is 26.5. The molecule has 0 spiro atoms. The number of nitrogens with two attached hydrogens (primary N) is 1. The van der Waals surface area contributed by atoms with Crippen molar-refractivity contribution >= 4 is 29.2 Å². The van der Waals surface area contributed by atoms with Crippen LogP contribution in [0.4, 0.5) is 29.2 Å². The maximum Gasteiger partial charge on any atom is 0.259 e. The van der Waals surface area contributed by atoms with Crippen LogP contribution in [0.2, 0.25) is 0 Å². The molecule has 13 nitrogen and oxygen atoms in total. The van der Waals surface area contributed by atoms with Crippen molar-refractivity contribution < 1.29 is 0 Å². The second kappa shape index (κ2) is 10.7. The van der Waals surface area contributed by atoms with Gasteiger partial charge in [-0.15, -0.1) is 10.2 Å². The summed E-state index contributed by atoms with van der Waals surface area (Å²) in [6.45, 7) is 17.1. The van der Waals surface area contributed by atoms with E-state index >= 15 is 0 Å². The van der Waals surface area contributed by atoms with E-state index in [0.717, 1.165) is 26.2 Å². The van der Waals surface area contributed by atoms with Crippen LogP contribution < -0.4 is 15.5 Å². The molecule has 0 unspecified atom stereocenters. The summed E-state index contributed by atoms with van der Waals surface area (Å²) < 4.78 is 2.98. The lowest BCUT2D eigenvalue weighted by Crippen LogP contribution is -2.29. The Morgan fingerprint density at radius 1 is 0.972 bits per heavy atom. The van der Waals surface area contributed by atoms with Crippen LogP contribution >= 0.6 is 0 Å². The van der Waals surface area contributed by atoms with Gasteiger partial charge in [-0.3, -0.25) is 4.68 Å². The fourth-order valence-electron chi connectivity index (χ4n) is 3.62. The number of aryl methyl sites for hydroxylation is 1. The summed E-state index contributed by atoms with van der Waals surface area (Å²) in [5.74, 6) is 1.87. The maximum atomic E-state index is 9.74. The van der Waals surface area contributed by atoms with Crippen molar-refractivity contribution in [3.8, 4) is 12.0 Å². The van der Waals surface area contributed by atoms with Gasteiger partial charge >= 0.3 is 0 Å². The molecule has 3 aromatic rings. The molecule has 0 aliphatic carbocycles. The van der Waals surface area contributed by atoms with Crippen LogP contribution in [0.3, 0.4) is 0 Å². The summed E-state index contributed by atoms with van der Waals surface area (Å²) in [4.78, 5) is 18.1. The predicted molar refractivity (Wildman–Crippen MR) is 139 cm³/mol. The third-order valence-corrected chi connectivity index (χ3v) is 5.77. The van der Waals surface area contributed by atoms with Crippen LogP contribution in [0.1, 0.15) is 59.7 Å². The van der Waals surface area contributed by atoms with Crippen molar-refractivity contribution in [2.45, 2.75) is 53.9 Å². The summed E-state index contributed by atoms with van der Waals surface area (Å²) in [5.41, 5.74) is 7.31. The largest absolute Gasteiger partial charge is 0.382 e. The summed E-state index contributed by atoms with van der Waals surface area (Å²) in [5, 5.41) is 27.4. The summed E-state index contributed by atoms with van der Waals surface area (Å²) in [7, 11) is 1.75. The Labute approximate surface area is 211 Å². The highest BCUT2D eigenvalue weighted by atomic mass is 15.4. The predicted octanol–water partition coefficient (Wildman–Crippen LogP) is 3.65. The number of hydrogen-bond acceptors (Lipinski definition) is 11. The van der Waals surface area contributed by atoms with Crippen LogP contribution in [0.25, 0.3) is 5.95 Å². The van der Waals surface area contributed by atoms with E-state index in [1.807, 2.05) is 58.3 Å². The molecule has 0 atom stereocenters. The van der Waals surface area contributed by atoms with Gasteiger partial charge in [0.25, 0.3) is 5.95 Å². The number of nitriles is 1. The minimum atomic E-state index is -0.312. The number of hydrogen-bond donors (Lipinski definition) is 1. The highest BCUT2D eigenvalue weighted by Gasteiger charge is 2.26. The molecule has 3 aromatic heterocycles. The van der Waals surface area contributed by atoms with Gasteiger partial charge in [-0.2, -0.15) is 35.1 Å². The fourth-order valence-corrected chi connectivity index (χ4v) is 3.62. The van der Waals surface area contributed by atoms with Gasteiger partial charge in [0, 0.05) is 38.6 Å². The Bertz CT molecular complexity index is 1230. The highest BCUT2D eigenvalue weighted by Crippen LogP contribution is 2.36. The molecule has 3 rings (SSSR count). The van der Waals surface area contributed by atoms with E-state index in [1.54, 1.807) is 11.7 Å². The van der Waals surface area contributed by atoms with Crippen molar-refractivity contribution in [3.05, 3.63) is 17.5 Å². The number of aromatic nitrogens is 7. The van der Waals surface area contributed by atoms with Gasteiger partial charge in [0.1, 0.15) is 17.5 Å². The van der Waals surface area contributed by atoms with Crippen molar-refractivity contribution in [2.75, 3.05) is 41.7 Å². The number of anilines is 3. The van der Waals surface area contributed by atoms with Gasteiger partial charge in [-0.25, -0.2) is 0 Å². The second-order valence-electron chi connectivity index (χ2n) is 9.14. The molecule has 0 saturated heterocycles. The van der Waals surface area contributed by atoms with Crippen LogP contribution in [0.15, 0.2) is 16.4 Å². The van der Waals surface area contributed by atoms with Crippen molar-refractivity contribution in [2.24, 2.45) is 17.3 Å². The van der Waals surface area contributed by atoms with Crippen LogP contribution in [0, 0.1) is 11.3 Å². The second-order valence-corrected chi connectivity index (χ2v) is 9.14. The van der Waals surface area contributed by atoms with Crippen molar-refractivity contribution in [1.82, 2.24) is 34.5 Å². The van der Waals surface area contributed by atoms with Crippen molar-refractivity contribution in [1.29, 1.82) is 5.26 Å². The zero-order valence-electron chi connectivity index (χ0n) is 22.3. The van der Waals surface area contributed by atoms with Gasteiger partial charge in [0.15, 0.2) is 11.5 Å². The van der Waals surface area contributed by atoms with E-state index < -0.39 is 0 Å². The molecule has 0 fully saturated rings. The van der Waals surface area contributed by atoms with E-state index in [4.69, 9.17) is 5.73 Å². The molecule has 2 N–H and O–H groups in total. The molecule has 13 heteroatoms. The van der Waals surface area contributed by atoms with Crippen LogP contribution in [0.5, 0.6) is 0 Å².